The molecule has 0 aromatic heterocycles. The van der Waals surface area contributed by atoms with Crippen LogP contribution < -0.4 is 4.74 Å². The summed E-state index contributed by atoms with van der Waals surface area (Å²) in [4.78, 5) is 4.88. The van der Waals surface area contributed by atoms with Gasteiger partial charge in [-0.3, -0.25) is 9.80 Å². The molecule has 3 heterocycles. The lowest BCUT2D eigenvalue weighted by atomic mass is 10.0. The maximum absolute atomic E-state index is 5.86. The van der Waals surface area contributed by atoms with Crippen molar-refractivity contribution in [2.45, 2.75) is 12.8 Å². The second kappa shape index (κ2) is 9.37. The Balaban J connectivity index is 1.85. The molecule has 1 saturated heterocycles. The first-order valence-corrected chi connectivity index (χ1v) is 9.12. The smallest absolute Gasteiger partial charge is 0.125 e. The summed E-state index contributed by atoms with van der Waals surface area (Å²) in [5.74, 6) is 1.08. The minimum atomic E-state index is 0.797. The van der Waals surface area contributed by atoms with Crippen LogP contribution in [0.1, 0.15) is 11.1 Å². The molecule has 3 aliphatic rings. The van der Waals surface area contributed by atoms with Crippen LogP contribution in [0.5, 0.6) is 5.75 Å². The quantitative estimate of drug-likeness (QED) is 0.776. The van der Waals surface area contributed by atoms with E-state index in [-0.39, 0.29) is 0 Å². The van der Waals surface area contributed by atoms with Crippen molar-refractivity contribution in [3.05, 3.63) is 29.3 Å². The minimum Gasteiger partial charge on any atom is -0.496 e. The summed E-state index contributed by atoms with van der Waals surface area (Å²) in [7, 11) is 1.80. The number of benzene rings is 1. The van der Waals surface area contributed by atoms with E-state index in [0.29, 0.717) is 0 Å². The van der Waals surface area contributed by atoms with Crippen molar-refractivity contribution in [3.8, 4) is 5.75 Å². The third-order valence-corrected chi connectivity index (χ3v) is 4.98. The fourth-order valence-corrected chi connectivity index (χ4v) is 3.50. The maximum atomic E-state index is 5.86. The Morgan fingerprint density at radius 1 is 0.750 bits per heavy atom. The highest BCUT2D eigenvalue weighted by Gasteiger charge is 2.15. The zero-order valence-corrected chi connectivity index (χ0v) is 14.8. The van der Waals surface area contributed by atoms with E-state index in [2.05, 4.69) is 28.0 Å². The number of fused-ring (bicyclic) bond motifs is 10. The fourth-order valence-electron chi connectivity index (χ4n) is 3.50. The molecule has 0 atom stereocenters. The van der Waals surface area contributed by atoms with Gasteiger partial charge >= 0.3 is 0 Å². The molecule has 24 heavy (non-hydrogen) atoms. The number of nitrogens with zero attached hydrogens (tertiary/aromatic N) is 2. The van der Waals surface area contributed by atoms with Crippen LogP contribution in [-0.2, 0) is 22.3 Å². The van der Waals surface area contributed by atoms with E-state index in [4.69, 9.17) is 14.2 Å². The summed E-state index contributed by atoms with van der Waals surface area (Å²) in [6.07, 6.45) is 2.00. The Bertz CT molecular complexity index is 457. The molecule has 0 saturated carbocycles. The van der Waals surface area contributed by atoms with Crippen molar-refractivity contribution in [2.75, 3.05) is 72.8 Å². The van der Waals surface area contributed by atoms with Gasteiger partial charge in [0.25, 0.3) is 0 Å². The zero-order valence-electron chi connectivity index (χ0n) is 14.8. The highest BCUT2D eigenvalue weighted by Crippen LogP contribution is 2.25. The third-order valence-electron chi connectivity index (χ3n) is 4.98. The van der Waals surface area contributed by atoms with Crippen molar-refractivity contribution >= 4 is 0 Å². The van der Waals surface area contributed by atoms with Crippen LogP contribution in [0.2, 0.25) is 0 Å². The lowest BCUT2D eigenvalue weighted by molar-refractivity contribution is 0.0382. The summed E-state index contributed by atoms with van der Waals surface area (Å²) in [5.41, 5.74) is 2.62. The second-order valence-electron chi connectivity index (χ2n) is 6.52. The van der Waals surface area contributed by atoms with E-state index in [1.807, 2.05) is 0 Å². The van der Waals surface area contributed by atoms with Gasteiger partial charge in [-0.15, -0.1) is 0 Å². The van der Waals surface area contributed by atoms with E-state index < -0.39 is 0 Å². The van der Waals surface area contributed by atoms with Crippen molar-refractivity contribution in [3.63, 3.8) is 0 Å². The number of para-hydroxylation sites is 1. The van der Waals surface area contributed by atoms with E-state index >= 15 is 0 Å². The highest BCUT2D eigenvalue weighted by molar-refractivity contribution is 5.42. The molecule has 0 unspecified atom stereocenters. The molecule has 1 aromatic carbocycles. The van der Waals surface area contributed by atoms with Gasteiger partial charge in [0.15, 0.2) is 0 Å². The first-order chi connectivity index (χ1) is 11.9. The minimum absolute atomic E-state index is 0.797. The van der Waals surface area contributed by atoms with Crippen LogP contribution >= 0.6 is 0 Å². The highest BCUT2D eigenvalue weighted by atomic mass is 16.5. The Labute approximate surface area is 145 Å². The summed E-state index contributed by atoms with van der Waals surface area (Å²) in [5, 5.41) is 0. The zero-order chi connectivity index (χ0) is 16.6. The number of hydrogen-bond donors (Lipinski definition) is 0. The summed E-state index contributed by atoms with van der Waals surface area (Å²) < 4.78 is 17.5. The van der Waals surface area contributed by atoms with Gasteiger partial charge in [0.2, 0.25) is 0 Å². The Morgan fingerprint density at radius 2 is 1.21 bits per heavy atom. The van der Waals surface area contributed by atoms with Gasteiger partial charge in [0.1, 0.15) is 5.75 Å². The van der Waals surface area contributed by atoms with Crippen LogP contribution in [0, 0.1) is 0 Å². The molecule has 5 heteroatoms. The molecule has 134 valence electrons. The van der Waals surface area contributed by atoms with Crippen molar-refractivity contribution in [2.24, 2.45) is 0 Å². The Kier molecular flexibility index (Phi) is 6.90. The van der Waals surface area contributed by atoms with Crippen molar-refractivity contribution in [1.29, 1.82) is 0 Å². The maximum Gasteiger partial charge on any atom is 0.125 e. The van der Waals surface area contributed by atoms with Crippen molar-refractivity contribution < 1.29 is 14.2 Å². The molecule has 1 fully saturated rings. The average Bonchev–Trinajstić information content (AvgIpc) is 2.59. The molecule has 1 aromatic rings. The molecular weight excluding hydrogens is 304 g/mol. The van der Waals surface area contributed by atoms with E-state index in [9.17, 15) is 0 Å². The lowest BCUT2D eigenvalue weighted by Gasteiger charge is -2.27. The topological polar surface area (TPSA) is 34.2 Å². The lowest BCUT2D eigenvalue weighted by Crippen LogP contribution is -2.37. The molecule has 0 N–H and O–H groups in total. The Hall–Kier alpha value is -1.14. The molecule has 3 aliphatic heterocycles. The Morgan fingerprint density at radius 3 is 1.62 bits per heavy atom. The first kappa shape index (κ1) is 17.7. The average molecular weight is 334 g/mol. The van der Waals surface area contributed by atoms with E-state index in [0.717, 1.165) is 84.3 Å². The predicted molar refractivity (Wildman–Crippen MR) is 94.9 cm³/mol. The predicted octanol–water partition coefficient (Wildman–Crippen LogP) is 1.44. The van der Waals surface area contributed by atoms with Gasteiger partial charge < -0.3 is 14.2 Å². The third kappa shape index (κ3) is 4.93. The normalized spacial score (nSPS) is 26.7. The number of rotatable bonds is 1. The van der Waals surface area contributed by atoms with E-state index in [1.54, 1.807) is 7.11 Å². The van der Waals surface area contributed by atoms with Gasteiger partial charge in [0, 0.05) is 39.3 Å². The molecule has 0 spiro atoms. The molecule has 0 aliphatic carbocycles. The van der Waals surface area contributed by atoms with Crippen LogP contribution in [-0.4, -0.2) is 82.6 Å². The van der Waals surface area contributed by atoms with Crippen LogP contribution in [0.4, 0.5) is 0 Å². The number of ether oxygens (including phenoxy) is 3. The molecular formula is C19H30N2O3. The van der Waals surface area contributed by atoms with Crippen LogP contribution in [0.25, 0.3) is 0 Å². The monoisotopic (exact) mass is 334 g/mol. The van der Waals surface area contributed by atoms with Crippen LogP contribution in [0.15, 0.2) is 18.2 Å². The molecule has 4 rings (SSSR count). The largest absolute Gasteiger partial charge is 0.496 e. The van der Waals surface area contributed by atoms with Gasteiger partial charge in [0.05, 0.1) is 33.5 Å². The van der Waals surface area contributed by atoms with E-state index in [1.165, 1.54) is 11.1 Å². The summed E-state index contributed by atoms with van der Waals surface area (Å²) >= 11 is 0. The summed E-state index contributed by atoms with van der Waals surface area (Å²) in [6.45, 7) is 9.07. The second-order valence-corrected chi connectivity index (χ2v) is 6.52. The van der Waals surface area contributed by atoms with Gasteiger partial charge in [-0.05, 0) is 24.0 Å². The molecule has 4 bridgehead atoms. The van der Waals surface area contributed by atoms with Gasteiger partial charge in [-0.2, -0.15) is 0 Å². The van der Waals surface area contributed by atoms with Gasteiger partial charge in [-0.1, -0.05) is 18.2 Å². The molecule has 5 nitrogen and oxygen atoms in total. The fraction of sp³-hybridized carbons (Fsp3) is 0.684. The number of methoxy groups -OCH3 is 1. The first-order valence-electron chi connectivity index (χ1n) is 9.12. The SMILES string of the molecule is COc1c2cccc1CCN1CCOCCN(CCOCC1)CC2. The standard InChI is InChI=1S/C19H30N2O3/c1-22-19-17-3-2-4-18(19)6-8-21-11-15-23-13-9-20(7-5-17)10-14-24-16-12-21/h2-4H,5-16H2,1H3. The summed E-state index contributed by atoms with van der Waals surface area (Å²) in [6, 6.07) is 6.57. The van der Waals surface area contributed by atoms with Crippen LogP contribution in [0.3, 0.4) is 0 Å². The molecule has 0 amide bonds. The molecule has 0 radical (unpaired) electrons. The van der Waals surface area contributed by atoms with Crippen molar-refractivity contribution in [1.82, 2.24) is 9.80 Å². The van der Waals surface area contributed by atoms with Gasteiger partial charge in [-0.25, -0.2) is 0 Å². The number of hydrogen-bond acceptors (Lipinski definition) is 5.